The number of carbonyl (C=O) groups excluding carboxylic acids is 1. The number of amides is 1. The van der Waals surface area contributed by atoms with Gasteiger partial charge in [-0.05, 0) is 29.8 Å². The first kappa shape index (κ1) is 16.8. The minimum atomic E-state index is -0.489. The van der Waals surface area contributed by atoms with Crippen LogP contribution in [0.3, 0.4) is 0 Å². The van der Waals surface area contributed by atoms with Crippen LogP contribution >= 0.6 is 23.2 Å². The molecule has 2 aromatic rings. The summed E-state index contributed by atoms with van der Waals surface area (Å²) in [6.45, 7) is 0.296. The lowest BCUT2D eigenvalue weighted by molar-refractivity contribution is -0.117. The normalized spacial score (nSPS) is 10.7. The summed E-state index contributed by atoms with van der Waals surface area (Å²) >= 11 is 11.6. The number of carbonyl (C=O) groups is 1. The lowest BCUT2D eigenvalue weighted by Crippen LogP contribution is -2.24. The van der Waals surface area contributed by atoms with Crippen LogP contribution in [0.5, 0.6) is 0 Å². The van der Waals surface area contributed by atoms with E-state index in [0.29, 0.717) is 22.4 Å². The van der Waals surface area contributed by atoms with Gasteiger partial charge in [0, 0.05) is 29.0 Å². The van der Waals surface area contributed by atoms with Crippen molar-refractivity contribution in [1.29, 1.82) is 5.26 Å². The second kappa shape index (κ2) is 8.18. The van der Waals surface area contributed by atoms with Crippen molar-refractivity contribution in [2.75, 3.05) is 5.32 Å². The third-order valence-corrected chi connectivity index (χ3v) is 3.30. The van der Waals surface area contributed by atoms with Gasteiger partial charge in [-0.15, -0.1) is 0 Å². The predicted octanol–water partition coefficient (Wildman–Crippen LogP) is 3.52. The van der Waals surface area contributed by atoms with Crippen molar-refractivity contribution in [2.24, 2.45) is 0 Å². The maximum absolute atomic E-state index is 12.0. The van der Waals surface area contributed by atoms with E-state index in [1.165, 1.54) is 12.4 Å². The lowest BCUT2D eigenvalue weighted by Gasteiger charge is -2.05. The molecule has 0 atom stereocenters. The number of hydrogen-bond donors (Lipinski definition) is 2. The molecule has 0 unspecified atom stereocenters. The molecule has 1 heterocycles. The molecule has 1 aromatic heterocycles. The summed E-state index contributed by atoms with van der Waals surface area (Å²) in [6.07, 6.45) is 2.81. The van der Waals surface area contributed by atoms with Crippen molar-refractivity contribution < 1.29 is 4.79 Å². The van der Waals surface area contributed by atoms with Gasteiger partial charge < -0.3 is 10.6 Å². The Hall–Kier alpha value is -2.55. The van der Waals surface area contributed by atoms with E-state index >= 15 is 0 Å². The molecular weight excluding hydrogens is 335 g/mol. The molecule has 1 amide bonds. The van der Waals surface area contributed by atoms with Gasteiger partial charge >= 0.3 is 0 Å². The van der Waals surface area contributed by atoms with Crippen molar-refractivity contribution in [1.82, 2.24) is 10.3 Å². The third-order valence-electron chi connectivity index (χ3n) is 2.82. The molecule has 116 valence electrons. The summed E-state index contributed by atoms with van der Waals surface area (Å²) in [5.74, 6) is -0.0484. The van der Waals surface area contributed by atoms with Crippen LogP contribution in [0.25, 0.3) is 0 Å². The molecule has 0 aliphatic carbocycles. The van der Waals surface area contributed by atoms with E-state index in [9.17, 15) is 4.79 Å². The monoisotopic (exact) mass is 346 g/mol. The maximum atomic E-state index is 12.0. The molecule has 0 aliphatic heterocycles. The van der Waals surface area contributed by atoms with E-state index in [2.05, 4.69) is 15.6 Å². The molecule has 7 heteroatoms. The van der Waals surface area contributed by atoms with Gasteiger partial charge in [-0.2, -0.15) is 5.26 Å². The Morgan fingerprint density at radius 2 is 1.96 bits per heavy atom. The van der Waals surface area contributed by atoms with E-state index < -0.39 is 5.91 Å². The van der Waals surface area contributed by atoms with Gasteiger partial charge in [0.2, 0.25) is 0 Å². The Morgan fingerprint density at radius 1 is 1.22 bits per heavy atom. The van der Waals surface area contributed by atoms with Crippen molar-refractivity contribution in [3.8, 4) is 6.07 Å². The zero-order chi connectivity index (χ0) is 16.7. The molecule has 1 aromatic carbocycles. The fourth-order valence-electron chi connectivity index (χ4n) is 1.66. The second-order valence-electron chi connectivity index (χ2n) is 4.48. The van der Waals surface area contributed by atoms with Crippen LogP contribution in [0.1, 0.15) is 5.56 Å². The number of nitrogens with zero attached hydrogens (tertiary/aromatic N) is 2. The van der Waals surface area contributed by atoms with E-state index in [1.54, 1.807) is 36.4 Å². The number of nitriles is 1. The predicted molar refractivity (Wildman–Crippen MR) is 89.9 cm³/mol. The number of halogens is 2. The number of aromatic nitrogens is 1. The maximum Gasteiger partial charge on any atom is 0.263 e. The molecule has 2 rings (SSSR count). The number of hydrogen-bond acceptors (Lipinski definition) is 4. The Morgan fingerprint density at radius 3 is 2.61 bits per heavy atom. The second-order valence-corrected chi connectivity index (χ2v) is 5.36. The van der Waals surface area contributed by atoms with Gasteiger partial charge in [0.25, 0.3) is 5.91 Å². The average Bonchev–Trinajstić information content (AvgIpc) is 2.55. The lowest BCUT2D eigenvalue weighted by atomic mass is 10.2. The summed E-state index contributed by atoms with van der Waals surface area (Å²) in [4.78, 5) is 16.0. The van der Waals surface area contributed by atoms with Gasteiger partial charge in [0.1, 0.15) is 17.5 Å². The summed E-state index contributed by atoms with van der Waals surface area (Å²) < 4.78 is 0. The minimum absolute atomic E-state index is 0.0688. The van der Waals surface area contributed by atoms with Gasteiger partial charge in [0.05, 0.1) is 0 Å². The number of anilines is 1. The largest absolute Gasteiger partial charge is 0.347 e. The highest BCUT2D eigenvalue weighted by atomic mass is 35.5. The topological polar surface area (TPSA) is 77.8 Å². The molecule has 23 heavy (non-hydrogen) atoms. The fraction of sp³-hybridized carbons (Fsp3) is 0.0625. The SMILES string of the molecule is N#C/C(=C/Nc1cc(Cl)ccn1)C(=O)NCc1ccc(Cl)cc1. The molecule has 0 aliphatic rings. The highest BCUT2D eigenvalue weighted by Crippen LogP contribution is 2.12. The quantitative estimate of drug-likeness (QED) is 0.641. The number of benzene rings is 1. The van der Waals surface area contributed by atoms with Crippen LogP contribution in [-0.4, -0.2) is 10.9 Å². The molecule has 0 saturated heterocycles. The van der Waals surface area contributed by atoms with Gasteiger partial charge in [-0.3, -0.25) is 4.79 Å². The summed E-state index contributed by atoms with van der Waals surface area (Å²) in [5, 5.41) is 15.6. The Balaban J connectivity index is 1.96. The molecule has 2 N–H and O–H groups in total. The Bertz CT molecular complexity index is 766. The molecular formula is C16H12Cl2N4O. The smallest absolute Gasteiger partial charge is 0.263 e. The summed E-state index contributed by atoms with van der Waals surface area (Å²) in [5.41, 5.74) is 0.810. The highest BCUT2D eigenvalue weighted by Gasteiger charge is 2.08. The van der Waals surface area contributed by atoms with E-state index in [0.717, 1.165) is 5.56 Å². The van der Waals surface area contributed by atoms with E-state index in [1.807, 2.05) is 6.07 Å². The van der Waals surface area contributed by atoms with Crippen LogP contribution in [0.15, 0.2) is 54.4 Å². The zero-order valence-corrected chi connectivity index (χ0v) is 13.4. The molecule has 5 nitrogen and oxygen atoms in total. The summed E-state index contributed by atoms with van der Waals surface area (Å²) in [6, 6.07) is 12.1. The number of rotatable bonds is 5. The number of pyridine rings is 1. The third kappa shape index (κ3) is 5.29. The van der Waals surface area contributed by atoms with E-state index in [-0.39, 0.29) is 5.57 Å². The molecule has 0 radical (unpaired) electrons. The van der Waals surface area contributed by atoms with Crippen LogP contribution in [-0.2, 0) is 11.3 Å². The fourth-order valence-corrected chi connectivity index (χ4v) is 1.94. The Labute approximate surface area is 143 Å². The van der Waals surface area contributed by atoms with Crippen molar-refractivity contribution in [3.05, 3.63) is 70.0 Å². The minimum Gasteiger partial charge on any atom is -0.347 e. The van der Waals surface area contributed by atoms with Crippen molar-refractivity contribution in [3.63, 3.8) is 0 Å². The zero-order valence-electron chi connectivity index (χ0n) is 11.9. The first-order chi connectivity index (χ1) is 11.1. The molecule has 0 saturated carbocycles. The van der Waals surface area contributed by atoms with Gasteiger partial charge in [0.15, 0.2) is 0 Å². The first-order valence-corrected chi connectivity index (χ1v) is 7.35. The highest BCUT2D eigenvalue weighted by molar-refractivity contribution is 6.31. The van der Waals surface area contributed by atoms with E-state index in [4.69, 9.17) is 28.5 Å². The Kier molecular flexibility index (Phi) is 5.98. The molecule has 0 fully saturated rings. The van der Waals surface area contributed by atoms with Gasteiger partial charge in [-0.1, -0.05) is 35.3 Å². The van der Waals surface area contributed by atoms with Crippen LogP contribution in [0.2, 0.25) is 10.0 Å². The van der Waals surface area contributed by atoms with Crippen molar-refractivity contribution >= 4 is 34.9 Å². The average molecular weight is 347 g/mol. The van der Waals surface area contributed by atoms with Crippen molar-refractivity contribution in [2.45, 2.75) is 6.54 Å². The van der Waals surface area contributed by atoms with Crippen LogP contribution < -0.4 is 10.6 Å². The van der Waals surface area contributed by atoms with Gasteiger partial charge in [-0.25, -0.2) is 4.98 Å². The van der Waals surface area contributed by atoms with Crippen LogP contribution in [0, 0.1) is 11.3 Å². The molecule has 0 spiro atoms. The standard InChI is InChI=1S/C16H12Cl2N4O/c17-13-3-1-11(2-4-13)9-22-16(23)12(8-19)10-21-15-7-14(18)5-6-20-15/h1-7,10H,9H2,(H,20,21)(H,22,23)/b12-10-. The first-order valence-electron chi connectivity index (χ1n) is 6.59. The molecule has 0 bridgehead atoms. The number of nitrogens with one attached hydrogen (secondary N) is 2. The van der Waals surface area contributed by atoms with Crippen LogP contribution in [0.4, 0.5) is 5.82 Å². The summed E-state index contributed by atoms with van der Waals surface area (Å²) in [7, 11) is 0.